The zero-order valence-corrected chi connectivity index (χ0v) is 12.8. The molecular formula is C19H24O. The summed E-state index contributed by atoms with van der Waals surface area (Å²) >= 11 is 0. The van der Waals surface area contributed by atoms with Crippen LogP contribution in [-0.4, -0.2) is 11.2 Å². The minimum absolute atomic E-state index is 0.0387. The van der Waals surface area contributed by atoms with Crippen LogP contribution in [0.1, 0.15) is 42.0 Å². The van der Waals surface area contributed by atoms with Crippen LogP contribution < -0.4 is 0 Å². The van der Waals surface area contributed by atoms with E-state index in [2.05, 4.69) is 58.0 Å². The molecule has 0 saturated heterocycles. The molecule has 0 saturated carbocycles. The molecule has 0 aromatic heterocycles. The smallest absolute Gasteiger partial charge is 0.0672 e. The molecule has 1 N–H and O–H groups in total. The molecule has 2 aromatic carbocycles. The number of hydrogen-bond donors (Lipinski definition) is 1. The quantitative estimate of drug-likeness (QED) is 0.868. The SMILES string of the molecule is Cc1ccc(C(c2ccccc2)C(O)C(C)C)c(C)c1. The van der Waals surface area contributed by atoms with Gasteiger partial charge in [-0.3, -0.25) is 0 Å². The highest BCUT2D eigenvalue weighted by Gasteiger charge is 2.26. The van der Waals surface area contributed by atoms with Gasteiger partial charge in [0.1, 0.15) is 0 Å². The lowest BCUT2D eigenvalue weighted by molar-refractivity contribution is 0.108. The maximum absolute atomic E-state index is 10.7. The third kappa shape index (κ3) is 3.10. The third-order valence-corrected chi connectivity index (χ3v) is 3.94. The number of aliphatic hydroxyl groups is 1. The standard InChI is InChI=1S/C19H24O/c1-13(2)19(20)18(16-8-6-5-7-9-16)17-11-10-14(3)12-15(17)4/h5-13,18-20H,1-4H3. The summed E-state index contributed by atoms with van der Waals surface area (Å²) in [6.45, 7) is 8.38. The number of aryl methyl sites for hydroxylation is 2. The van der Waals surface area contributed by atoms with Crippen LogP contribution in [0.5, 0.6) is 0 Å². The first-order chi connectivity index (χ1) is 9.50. The molecule has 0 aliphatic rings. The first-order valence-corrected chi connectivity index (χ1v) is 7.31. The van der Waals surface area contributed by atoms with Gasteiger partial charge in [0.05, 0.1) is 6.10 Å². The largest absolute Gasteiger partial charge is 0.392 e. The van der Waals surface area contributed by atoms with Crippen molar-refractivity contribution < 1.29 is 5.11 Å². The Balaban J connectivity index is 2.52. The van der Waals surface area contributed by atoms with Gasteiger partial charge in [0.2, 0.25) is 0 Å². The van der Waals surface area contributed by atoms with Crippen LogP contribution in [0.4, 0.5) is 0 Å². The normalized spacial score (nSPS) is 14.3. The molecule has 2 unspecified atom stereocenters. The summed E-state index contributed by atoms with van der Waals surface area (Å²) in [4.78, 5) is 0. The second-order valence-electron chi connectivity index (χ2n) is 5.98. The van der Waals surface area contributed by atoms with Crippen LogP contribution in [-0.2, 0) is 0 Å². The van der Waals surface area contributed by atoms with E-state index < -0.39 is 0 Å². The average Bonchev–Trinajstić information content (AvgIpc) is 2.42. The second kappa shape index (κ2) is 6.23. The molecule has 0 heterocycles. The van der Waals surface area contributed by atoms with Crippen molar-refractivity contribution in [1.82, 2.24) is 0 Å². The summed E-state index contributed by atoms with van der Waals surface area (Å²) in [5, 5.41) is 10.7. The predicted molar refractivity (Wildman–Crippen MR) is 85.0 cm³/mol. The molecule has 0 aliphatic carbocycles. The Bertz CT molecular complexity index is 557. The minimum Gasteiger partial charge on any atom is -0.392 e. The van der Waals surface area contributed by atoms with E-state index in [9.17, 15) is 5.11 Å². The Hall–Kier alpha value is -1.60. The average molecular weight is 268 g/mol. The maximum atomic E-state index is 10.7. The Morgan fingerprint density at radius 2 is 1.55 bits per heavy atom. The number of rotatable bonds is 4. The van der Waals surface area contributed by atoms with Gasteiger partial charge >= 0.3 is 0 Å². The minimum atomic E-state index is -0.376. The van der Waals surface area contributed by atoms with Gasteiger partial charge in [-0.2, -0.15) is 0 Å². The zero-order valence-electron chi connectivity index (χ0n) is 12.8. The van der Waals surface area contributed by atoms with E-state index in [-0.39, 0.29) is 17.9 Å². The summed E-state index contributed by atoms with van der Waals surface area (Å²) in [6.07, 6.45) is -0.376. The fourth-order valence-electron chi connectivity index (χ4n) is 2.78. The summed E-state index contributed by atoms with van der Waals surface area (Å²) < 4.78 is 0. The Labute approximate surface area is 122 Å². The summed E-state index contributed by atoms with van der Waals surface area (Å²) in [5.41, 5.74) is 4.92. The monoisotopic (exact) mass is 268 g/mol. The van der Waals surface area contributed by atoms with Crippen molar-refractivity contribution >= 4 is 0 Å². The molecule has 0 fully saturated rings. The molecule has 0 spiro atoms. The van der Waals surface area contributed by atoms with E-state index in [1.807, 2.05) is 18.2 Å². The van der Waals surface area contributed by atoms with Crippen LogP contribution in [0.2, 0.25) is 0 Å². The van der Waals surface area contributed by atoms with Crippen molar-refractivity contribution in [2.24, 2.45) is 5.92 Å². The second-order valence-corrected chi connectivity index (χ2v) is 5.98. The Kier molecular flexibility index (Phi) is 4.61. The highest BCUT2D eigenvalue weighted by Crippen LogP contribution is 2.33. The summed E-state index contributed by atoms with van der Waals surface area (Å²) in [7, 11) is 0. The predicted octanol–water partition coefficient (Wildman–Crippen LogP) is 4.45. The van der Waals surface area contributed by atoms with Gasteiger partial charge in [-0.25, -0.2) is 0 Å². The van der Waals surface area contributed by atoms with Crippen molar-refractivity contribution in [2.45, 2.75) is 39.7 Å². The van der Waals surface area contributed by atoms with Gasteiger partial charge in [-0.05, 0) is 36.5 Å². The lowest BCUT2D eigenvalue weighted by atomic mass is 9.80. The molecule has 106 valence electrons. The van der Waals surface area contributed by atoms with E-state index in [0.717, 1.165) is 0 Å². The molecule has 2 atom stereocenters. The molecule has 1 nitrogen and oxygen atoms in total. The Morgan fingerprint density at radius 3 is 2.10 bits per heavy atom. The number of benzene rings is 2. The Morgan fingerprint density at radius 1 is 0.900 bits per heavy atom. The lowest BCUT2D eigenvalue weighted by Gasteiger charge is -2.28. The fraction of sp³-hybridized carbons (Fsp3) is 0.368. The van der Waals surface area contributed by atoms with E-state index >= 15 is 0 Å². The lowest BCUT2D eigenvalue weighted by Crippen LogP contribution is -2.25. The first-order valence-electron chi connectivity index (χ1n) is 7.31. The van der Waals surface area contributed by atoms with Crippen molar-refractivity contribution in [3.8, 4) is 0 Å². The van der Waals surface area contributed by atoms with Gasteiger partial charge in [0.25, 0.3) is 0 Å². The van der Waals surface area contributed by atoms with Gasteiger partial charge in [0.15, 0.2) is 0 Å². The molecule has 0 bridgehead atoms. The first kappa shape index (κ1) is 14.8. The van der Waals surface area contributed by atoms with E-state index in [1.54, 1.807) is 0 Å². The summed E-state index contributed by atoms with van der Waals surface area (Å²) in [5.74, 6) is 0.262. The van der Waals surface area contributed by atoms with E-state index in [4.69, 9.17) is 0 Å². The molecule has 20 heavy (non-hydrogen) atoms. The summed E-state index contributed by atoms with van der Waals surface area (Å²) in [6, 6.07) is 16.8. The molecule has 0 amide bonds. The van der Waals surface area contributed by atoms with Crippen molar-refractivity contribution in [3.63, 3.8) is 0 Å². The molecule has 0 aliphatic heterocycles. The van der Waals surface area contributed by atoms with Crippen LogP contribution in [0.3, 0.4) is 0 Å². The van der Waals surface area contributed by atoms with Crippen molar-refractivity contribution in [2.75, 3.05) is 0 Å². The molecule has 0 radical (unpaired) electrons. The van der Waals surface area contributed by atoms with E-state index in [0.29, 0.717) is 0 Å². The van der Waals surface area contributed by atoms with Crippen molar-refractivity contribution in [1.29, 1.82) is 0 Å². The van der Waals surface area contributed by atoms with E-state index in [1.165, 1.54) is 22.3 Å². The van der Waals surface area contributed by atoms with Gasteiger partial charge in [0, 0.05) is 5.92 Å². The fourth-order valence-corrected chi connectivity index (χ4v) is 2.78. The highest BCUT2D eigenvalue weighted by atomic mass is 16.3. The molecular weight excluding hydrogens is 244 g/mol. The topological polar surface area (TPSA) is 20.2 Å². The number of aliphatic hydroxyl groups excluding tert-OH is 1. The van der Waals surface area contributed by atoms with Gasteiger partial charge < -0.3 is 5.11 Å². The zero-order chi connectivity index (χ0) is 14.7. The van der Waals surface area contributed by atoms with Crippen LogP contribution in [0, 0.1) is 19.8 Å². The number of hydrogen-bond acceptors (Lipinski definition) is 1. The third-order valence-electron chi connectivity index (χ3n) is 3.94. The van der Waals surface area contributed by atoms with Crippen LogP contribution in [0.25, 0.3) is 0 Å². The molecule has 2 rings (SSSR count). The van der Waals surface area contributed by atoms with Gasteiger partial charge in [-0.15, -0.1) is 0 Å². The van der Waals surface area contributed by atoms with Crippen LogP contribution >= 0.6 is 0 Å². The maximum Gasteiger partial charge on any atom is 0.0672 e. The van der Waals surface area contributed by atoms with Crippen LogP contribution in [0.15, 0.2) is 48.5 Å². The van der Waals surface area contributed by atoms with Gasteiger partial charge in [-0.1, -0.05) is 67.9 Å². The van der Waals surface area contributed by atoms with Crippen molar-refractivity contribution in [3.05, 3.63) is 70.8 Å². The molecule has 2 aromatic rings. The highest BCUT2D eigenvalue weighted by molar-refractivity contribution is 5.40. The molecule has 1 heteroatoms.